The molecule has 0 bridgehead atoms. The smallest absolute Gasteiger partial charge is 0.369 e. The van der Waals surface area contributed by atoms with E-state index in [2.05, 4.69) is 10.2 Å². The number of carbonyl (C=O) groups excluding carboxylic acids is 1. The van der Waals surface area contributed by atoms with Gasteiger partial charge in [-0.3, -0.25) is 9.69 Å². The molecule has 0 radical (unpaired) electrons. The summed E-state index contributed by atoms with van der Waals surface area (Å²) in [4.78, 5) is 16.2. The van der Waals surface area contributed by atoms with E-state index in [1.807, 2.05) is 18.7 Å². The molecule has 1 saturated heterocycles. The van der Waals surface area contributed by atoms with Crippen LogP contribution in [0.25, 0.3) is 0 Å². The molecule has 1 aromatic carbocycles. The van der Waals surface area contributed by atoms with Crippen molar-refractivity contribution in [2.24, 2.45) is 5.92 Å². The number of halogens is 3. The maximum atomic E-state index is 13.3. The van der Waals surface area contributed by atoms with E-state index in [9.17, 15) is 23.2 Å². The van der Waals surface area contributed by atoms with Crippen molar-refractivity contribution >= 4 is 11.6 Å². The molecule has 1 aliphatic heterocycles. The molecule has 1 aliphatic carbocycles. The Morgan fingerprint density at radius 2 is 1.85 bits per heavy atom. The van der Waals surface area contributed by atoms with Gasteiger partial charge in [-0.25, -0.2) is 0 Å². The highest BCUT2D eigenvalue weighted by Crippen LogP contribution is 2.36. The molecule has 1 aromatic rings. The van der Waals surface area contributed by atoms with Crippen LogP contribution in [0.1, 0.15) is 57.1 Å². The number of piperazine rings is 1. The van der Waals surface area contributed by atoms with Gasteiger partial charge in [0.25, 0.3) is 0 Å². The quantitative estimate of drug-likeness (QED) is 0.604. The average Bonchev–Trinajstić information content (AvgIpc) is 2.81. The molecule has 6 nitrogen and oxygen atoms in total. The predicted molar refractivity (Wildman–Crippen MR) is 124 cm³/mol. The van der Waals surface area contributed by atoms with Crippen molar-refractivity contribution in [1.29, 1.82) is 5.26 Å². The maximum absolute atomic E-state index is 13.3. The van der Waals surface area contributed by atoms with Gasteiger partial charge in [-0.15, -0.1) is 0 Å². The Morgan fingerprint density at radius 1 is 1.18 bits per heavy atom. The number of nitrogens with zero attached hydrogens (tertiary/aromatic N) is 3. The Morgan fingerprint density at radius 3 is 2.44 bits per heavy atom. The molecule has 1 N–H and O–H groups in total. The van der Waals surface area contributed by atoms with Crippen molar-refractivity contribution in [2.45, 2.75) is 64.3 Å². The predicted octanol–water partition coefficient (Wildman–Crippen LogP) is 4.19. The molecule has 1 saturated carbocycles. The van der Waals surface area contributed by atoms with E-state index in [0.717, 1.165) is 57.8 Å². The second-order valence-electron chi connectivity index (χ2n) is 9.57. The van der Waals surface area contributed by atoms with Crippen molar-refractivity contribution in [3.63, 3.8) is 0 Å². The lowest BCUT2D eigenvalue weighted by Crippen LogP contribution is -2.47. The standard InChI is InChI=1S/C25H35F3N4O2/c1-18(2)34-17-24(33)30-20-8-6-19(7-9-20)10-11-31-12-14-32(15-13-31)23-5-3-4-22(21(23)16-29)25(26,27)28/h3-5,18-20H,6-15,17H2,1-2H3,(H,30,33). The molecule has 188 valence electrons. The number of nitriles is 1. The van der Waals surface area contributed by atoms with Gasteiger partial charge in [-0.2, -0.15) is 18.4 Å². The first kappa shape index (κ1) is 26.3. The first-order chi connectivity index (χ1) is 16.2. The number of hydrogen-bond donors (Lipinski definition) is 1. The van der Waals surface area contributed by atoms with Gasteiger partial charge in [0.1, 0.15) is 12.7 Å². The molecule has 0 spiro atoms. The molecular weight excluding hydrogens is 445 g/mol. The fourth-order valence-electron chi connectivity index (χ4n) is 4.84. The summed E-state index contributed by atoms with van der Waals surface area (Å²) in [5, 5.41) is 12.4. The fraction of sp³-hybridized carbons (Fsp3) is 0.680. The number of benzene rings is 1. The van der Waals surface area contributed by atoms with E-state index in [0.29, 0.717) is 24.7 Å². The first-order valence-corrected chi connectivity index (χ1v) is 12.2. The van der Waals surface area contributed by atoms with E-state index < -0.39 is 11.7 Å². The molecule has 2 aliphatic rings. The minimum atomic E-state index is -4.54. The van der Waals surface area contributed by atoms with Crippen LogP contribution >= 0.6 is 0 Å². The number of amides is 1. The molecule has 9 heteroatoms. The monoisotopic (exact) mass is 480 g/mol. The summed E-state index contributed by atoms with van der Waals surface area (Å²) in [5.41, 5.74) is -0.784. The van der Waals surface area contributed by atoms with Crippen LogP contribution in [0.3, 0.4) is 0 Å². The van der Waals surface area contributed by atoms with Crippen LogP contribution in [0, 0.1) is 17.2 Å². The SMILES string of the molecule is CC(C)OCC(=O)NC1CCC(CCN2CCN(c3cccc(C(F)(F)F)c3C#N)CC2)CC1. The summed E-state index contributed by atoms with van der Waals surface area (Å²) in [7, 11) is 0. The zero-order chi connectivity index (χ0) is 24.7. The third kappa shape index (κ3) is 7.34. The fourth-order valence-corrected chi connectivity index (χ4v) is 4.84. The lowest BCUT2D eigenvalue weighted by Gasteiger charge is -2.37. The summed E-state index contributed by atoms with van der Waals surface area (Å²) in [6.07, 6.45) is 0.743. The first-order valence-electron chi connectivity index (χ1n) is 12.2. The van der Waals surface area contributed by atoms with E-state index in [4.69, 9.17) is 4.74 Å². The molecule has 3 rings (SSSR count). The maximum Gasteiger partial charge on any atom is 0.417 e. The lowest BCUT2D eigenvalue weighted by molar-refractivity contribution is -0.137. The van der Waals surface area contributed by atoms with E-state index in [1.165, 1.54) is 6.07 Å². The van der Waals surface area contributed by atoms with Gasteiger partial charge < -0.3 is 15.0 Å². The summed E-state index contributed by atoms with van der Waals surface area (Å²) in [6, 6.07) is 5.95. The molecule has 1 heterocycles. The molecule has 34 heavy (non-hydrogen) atoms. The number of ether oxygens (including phenoxy) is 1. The van der Waals surface area contributed by atoms with Crippen LogP contribution in [0.2, 0.25) is 0 Å². The highest BCUT2D eigenvalue weighted by Gasteiger charge is 2.35. The minimum Gasteiger partial charge on any atom is -0.369 e. The lowest BCUT2D eigenvalue weighted by atomic mass is 9.84. The van der Waals surface area contributed by atoms with Crippen LogP contribution in [-0.4, -0.2) is 62.3 Å². The number of alkyl halides is 3. The minimum absolute atomic E-state index is 0.0433. The van der Waals surface area contributed by atoms with Crippen molar-refractivity contribution in [3.05, 3.63) is 29.3 Å². The molecule has 0 atom stereocenters. The van der Waals surface area contributed by atoms with Gasteiger partial charge in [0.05, 0.1) is 22.9 Å². The highest BCUT2D eigenvalue weighted by molar-refractivity contribution is 5.77. The van der Waals surface area contributed by atoms with Gasteiger partial charge in [0, 0.05) is 32.2 Å². The van der Waals surface area contributed by atoms with Crippen LogP contribution < -0.4 is 10.2 Å². The van der Waals surface area contributed by atoms with Crippen molar-refractivity contribution in [2.75, 3.05) is 44.2 Å². The third-order valence-electron chi connectivity index (χ3n) is 6.79. The second-order valence-corrected chi connectivity index (χ2v) is 9.57. The Bertz CT molecular complexity index is 853. The second kappa shape index (κ2) is 11.9. The topological polar surface area (TPSA) is 68.6 Å². The van der Waals surface area contributed by atoms with Crippen LogP contribution in [0.5, 0.6) is 0 Å². The van der Waals surface area contributed by atoms with E-state index in [1.54, 1.807) is 12.1 Å². The van der Waals surface area contributed by atoms with Gasteiger partial charge >= 0.3 is 6.18 Å². The number of anilines is 1. The Hall–Kier alpha value is -2.31. The summed E-state index contributed by atoms with van der Waals surface area (Å²) >= 11 is 0. The normalized spacial score (nSPS) is 22.0. The van der Waals surface area contributed by atoms with Gasteiger partial charge in [-0.1, -0.05) is 6.07 Å². The summed E-state index contributed by atoms with van der Waals surface area (Å²) in [6.45, 7) is 7.64. The Labute approximate surface area is 200 Å². The number of nitrogens with one attached hydrogen (secondary N) is 1. The van der Waals surface area contributed by atoms with Crippen molar-refractivity contribution in [3.8, 4) is 6.07 Å². The number of hydrogen-bond acceptors (Lipinski definition) is 5. The molecule has 0 unspecified atom stereocenters. The van der Waals surface area contributed by atoms with E-state index in [-0.39, 0.29) is 30.2 Å². The van der Waals surface area contributed by atoms with Crippen molar-refractivity contribution < 1.29 is 22.7 Å². The van der Waals surface area contributed by atoms with Crippen LogP contribution in [0.4, 0.5) is 18.9 Å². The summed E-state index contributed by atoms with van der Waals surface area (Å²) < 4.78 is 45.2. The number of rotatable bonds is 8. The zero-order valence-electron chi connectivity index (χ0n) is 20.0. The Kier molecular flexibility index (Phi) is 9.20. The zero-order valence-corrected chi connectivity index (χ0v) is 20.0. The molecule has 1 amide bonds. The molecular formula is C25H35F3N4O2. The van der Waals surface area contributed by atoms with Gasteiger partial charge in [-0.05, 0) is 70.5 Å². The number of carbonyl (C=O) groups is 1. The Balaban J connectivity index is 1.40. The molecule has 2 fully saturated rings. The van der Waals surface area contributed by atoms with Crippen LogP contribution in [0.15, 0.2) is 18.2 Å². The van der Waals surface area contributed by atoms with Crippen molar-refractivity contribution in [1.82, 2.24) is 10.2 Å². The highest BCUT2D eigenvalue weighted by atomic mass is 19.4. The van der Waals surface area contributed by atoms with Gasteiger partial charge in [0.2, 0.25) is 5.91 Å². The van der Waals surface area contributed by atoms with E-state index >= 15 is 0 Å². The average molecular weight is 481 g/mol. The van der Waals surface area contributed by atoms with Gasteiger partial charge in [0.15, 0.2) is 0 Å². The molecule has 0 aromatic heterocycles. The van der Waals surface area contributed by atoms with Crippen LogP contribution in [-0.2, 0) is 15.7 Å². The summed E-state index contributed by atoms with van der Waals surface area (Å²) in [5.74, 6) is 0.585. The third-order valence-corrected chi connectivity index (χ3v) is 6.79. The largest absolute Gasteiger partial charge is 0.417 e.